The molecule has 0 aromatic carbocycles. The molecule has 0 saturated carbocycles. The molecule has 13 heavy (non-hydrogen) atoms. The number of halogens is 1. The molecule has 0 aliphatic carbocycles. The van der Waals surface area contributed by atoms with Crippen molar-refractivity contribution in [1.29, 1.82) is 0 Å². The van der Waals surface area contributed by atoms with Crippen molar-refractivity contribution in [3.63, 3.8) is 0 Å². The highest BCUT2D eigenvalue weighted by molar-refractivity contribution is 7.10. The lowest BCUT2D eigenvalue weighted by Crippen LogP contribution is -2.22. The molecule has 1 N–H and O–H groups in total. The van der Waals surface area contributed by atoms with E-state index in [-0.39, 0.29) is 6.42 Å². The van der Waals surface area contributed by atoms with E-state index in [1.165, 1.54) is 11.3 Å². The van der Waals surface area contributed by atoms with Crippen molar-refractivity contribution in [2.45, 2.75) is 12.0 Å². The second-order valence-corrected chi connectivity index (χ2v) is 3.80. The van der Waals surface area contributed by atoms with E-state index in [0.29, 0.717) is 16.2 Å². The second-order valence-electron chi connectivity index (χ2n) is 2.47. The van der Waals surface area contributed by atoms with E-state index in [4.69, 9.17) is 18.0 Å². The molecule has 2 nitrogen and oxygen atoms in total. The normalized spacial score (nSPS) is 14.5. The number of rotatable bonds is 3. The van der Waals surface area contributed by atoms with Gasteiger partial charge in [0.25, 0.3) is 0 Å². The van der Waals surface area contributed by atoms with Gasteiger partial charge in [0.1, 0.15) is 6.29 Å². The Balaban J connectivity index is 3.11. The minimum absolute atomic E-state index is 0.135. The molecule has 1 heterocycles. The molecule has 68 valence electrons. The third-order valence-electron chi connectivity index (χ3n) is 1.61. The summed E-state index contributed by atoms with van der Waals surface area (Å²) in [7, 11) is 0. The highest BCUT2D eigenvalue weighted by Gasteiger charge is 2.29. The summed E-state index contributed by atoms with van der Waals surface area (Å²) in [6.45, 7) is 0. The first-order chi connectivity index (χ1) is 6.14. The summed E-state index contributed by atoms with van der Waals surface area (Å²) in [6, 6.07) is 1.63. The Hall–Kier alpha value is -0.820. The standard InChI is InChI=1S/C9H7ClO2S/c1-2-9(12,4-5-11)8-7(10)3-6-13-8/h1,3,5-6,12H,4H2. The molecule has 1 unspecified atom stereocenters. The predicted octanol–water partition coefficient (Wildman–Crippen LogP) is 1.81. The second kappa shape index (κ2) is 3.93. The highest BCUT2D eigenvalue weighted by atomic mass is 35.5. The van der Waals surface area contributed by atoms with E-state index in [0.717, 1.165) is 0 Å². The molecule has 4 heteroatoms. The SMILES string of the molecule is C#CC(O)(CC=O)c1sccc1Cl. The average molecular weight is 215 g/mol. The number of carbonyl (C=O) groups excluding carboxylic acids is 1. The van der Waals surface area contributed by atoms with Crippen molar-refractivity contribution in [3.8, 4) is 12.3 Å². The van der Waals surface area contributed by atoms with E-state index in [1.54, 1.807) is 11.4 Å². The van der Waals surface area contributed by atoms with Crippen molar-refractivity contribution in [1.82, 2.24) is 0 Å². The molecule has 0 bridgehead atoms. The van der Waals surface area contributed by atoms with Crippen molar-refractivity contribution in [2.24, 2.45) is 0 Å². The van der Waals surface area contributed by atoms with Gasteiger partial charge in [0.2, 0.25) is 0 Å². The van der Waals surface area contributed by atoms with Crippen molar-refractivity contribution in [3.05, 3.63) is 21.3 Å². The van der Waals surface area contributed by atoms with Crippen molar-refractivity contribution in [2.75, 3.05) is 0 Å². The Morgan fingerprint density at radius 1 is 1.85 bits per heavy atom. The zero-order valence-corrected chi connectivity index (χ0v) is 8.23. The Morgan fingerprint density at radius 3 is 2.92 bits per heavy atom. The van der Waals surface area contributed by atoms with E-state index in [2.05, 4.69) is 5.92 Å². The van der Waals surface area contributed by atoms with Crippen LogP contribution in [-0.2, 0) is 10.4 Å². The number of hydrogen-bond donors (Lipinski definition) is 1. The first-order valence-electron chi connectivity index (χ1n) is 3.51. The lowest BCUT2D eigenvalue weighted by molar-refractivity contribution is -0.110. The largest absolute Gasteiger partial charge is 0.372 e. The van der Waals surface area contributed by atoms with Crippen LogP contribution < -0.4 is 0 Å². The topological polar surface area (TPSA) is 37.3 Å². The van der Waals surface area contributed by atoms with Gasteiger partial charge in [0, 0.05) is 6.42 Å². The van der Waals surface area contributed by atoms with Crippen LogP contribution in [-0.4, -0.2) is 11.4 Å². The molecular weight excluding hydrogens is 208 g/mol. The smallest absolute Gasteiger partial charge is 0.167 e. The van der Waals surface area contributed by atoms with Crippen LogP contribution in [0, 0.1) is 12.3 Å². The molecule has 0 saturated heterocycles. The molecular formula is C9H7ClO2S. The van der Waals surface area contributed by atoms with E-state index >= 15 is 0 Å². The summed E-state index contributed by atoms with van der Waals surface area (Å²) in [4.78, 5) is 10.7. The summed E-state index contributed by atoms with van der Waals surface area (Å²) in [6.07, 6.45) is 5.59. The van der Waals surface area contributed by atoms with Gasteiger partial charge in [-0.15, -0.1) is 17.8 Å². The van der Waals surface area contributed by atoms with Gasteiger partial charge in [-0.1, -0.05) is 17.5 Å². The van der Waals surface area contributed by atoms with Gasteiger partial charge in [-0.2, -0.15) is 0 Å². The summed E-state index contributed by atoms with van der Waals surface area (Å²) >= 11 is 7.02. The summed E-state index contributed by atoms with van der Waals surface area (Å²) in [5, 5.41) is 11.9. The van der Waals surface area contributed by atoms with Gasteiger partial charge >= 0.3 is 0 Å². The number of aliphatic hydroxyl groups is 1. The Kier molecular flexibility index (Phi) is 3.10. The summed E-state index contributed by atoms with van der Waals surface area (Å²) in [5.74, 6) is 2.17. The third kappa shape index (κ3) is 1.92. The maximum atomic E-state index is 10.3. The molecule has 0 radical (unpaired) electrons. The predicted molar refractivity (Wildman–Crippen MR) is 52.7 cm³/mol. The van der Waals surface area contributed by atoms with Gasteiger partial charge in [0.15, 0.2) is 5.60 Å². The average Bonchev–Trinajstić information content (AvgIpc) is 2.52. The first-order valence-corrected chi connectivity index (χ1v) is 4.77. The summed E-state index contributed by atoms with van der Waals surface area (Å²) < 4.78 is 0. The number of carbonyl (C=O) groups is 1. The van der Waals surface area contributed by atoms with Crippen LogP contribution in [0.3, 0.4) is 0 Å². The van der Waals surface area contributed by atoms with Crippen LogP contribution in [0.15, 0.2) is 11.4 Å². The lowest BCUT2D eigenvalue weighted by atomic mass is 10.00. The third-order valence-corrected chi connectivity index (χ3v) is 3.10. The maximum Gasteiger partial charge on any atom is 0.167 e. The molecule has 0 aliphatic rings. The van der Waals surface area contributed by atoms with Gasteiger partial charge in [-0.3, -0.25) is 0 Å². The van der Waals surface area contributed by atoms with Crippen molar-refractivity contribution >= 4 is 29.2 Å². The highest BCUT2D eigenvalue weighted by Crippen LogP contribution is 2.34. The van der Waals surface area contributed by atoms with Crippen LogP contribution >= 0.6 is 22.9 Å². The molecule has 1 rings (SSSR count). The fourth-order valence-corrected chi connectivity index (χ4v) is 2.21. The van der Waals surface area contributed by atoms with E-state index in [1.807, 2.05) is 0 Å². The zero-order chi connectivity index (χ0) is 9.90. The first kappa shape index (κ1) is 10.3. The number of terminal acetylenes is 1. The monoisotopic (exact) mass is 214 g/mol. The fraction of sp³-hybridized carbons (Fsp3) is 0.222. The van der Waals surface area contributed by atoms with Crippen LogP contribution in [0.1, 0.15) is 11.3 Å². The molecule has 0 amide bonds. The van der Waals surface area contributed by atoms with Crippen LogP contribution in [0.5, 0.6) is 0 Å². The summed E-state index contributed by atoms with van der Waals surface area (Å²) in [5.41, 5.74) is -1.55. The number of hydrogen-bond acceptors (Lipinski definition) is 3. The number of thiophene rings is 1. The van der Waals surface area contributed by atoms with Gasteiger partial charge in [0.05, 0.1) is 9.90 Å². The molecule has 1 atom stereocenters. The van der Waals surface area contributed by atoms with Gasteiger partial charge < -0.3 is 9.90 Å². The molecule has 0 spiro atoms. The van der Waals surface area contributed by atoms with Gasteiger partial charge in [-0.25, -0.2) is 0 Å². The zero-order valence-electron chi connectivity index (χ0n) is 6.66. The fourth-order valence-electron chi connectivity index (χ4n) is 0.927. The van der Waals surface area contributed by atoms with Gasteiger partial charge in [-0.05, 0) is 11.4 Å². The van der Waals surface area contributed by atoms with Crippen LogP contribution in [0.25, 0.3) is 0 Å². The minimum atomic E-state index is -1.55. The maximum absolute atomic E-state index is 10.3. The molecule has 0 aliphatic heterocycles. The van der Waals surface area contributed by atoms with Crippen LogP contribution in [0.2, 0.25) is 5.02 Å². The Bertz CT molecular complexity index is 353. The quantitative estimate of drug-likeness (QED) is 0.616. The molecule has 0 fully saturated rings. The van der Waals surface area contributed by atoms with Crippen molar-refractivity contribution < 1.29 is 9.90 Å². The Labute approximate surface area is 85.2 Å². The lowest BCUT2D eigenvalue weighted by Gasteiger charge is -2.17. The molecule has 1 aromatic rings. The van der Waals surface area contributed by atoms with E-state index < -0.39 is 5.60 Å². The van der Waals surface area contributed by atoms with E-state index in [9.17, 15) is 9.90 Å². The Morgan fingerprint density at radius 2 is 2.54 bits per heavy atom. The minimum Gasteiger partial charge on any atom is -0.372 e. The molecule has 1 aromatic heterocycles. The number of aldehydes is 1. The van der Waals surface area contributed by atoms with Crippen LogP contribution in [0.4, 0.5) is 0 Å².